The summed E-state index contributed by atoms with van der Waals surface area (Å²) >= 11 is 0. The van der Waals surface area contributed by atoms with Gasteiger partial charge in [0.2, 0.25) is 5.91 Å². The second-order valence-electron chi connectivity index (χ2n) is 7.93. The van der Waals surface area contributed by atoms with Crippen LogP contribution in [0, 0.1) is 0 Å². The van der Waals surface area contributed by atoms with Gasteiger partial charge in [0.25, 0.3) is 0 Å². The van der Waals surface area contributed by atoms with Gasteiger partial charge in [-0.2, -0.15) is 0 Å². The molecule has 0 bridgehead atoms. The number of ketones is 1. The second-order valence-corrected chi connectivity index (χ2v) is 7.93. The van der Waals surface area contributed by atoms with E-state index in [4.69, 9.17) is 0 Å². The zero-order chi connectivity index (χ0) is 19.4. The van der Waals surface area contributed by atoms with Crippen LogP contribution in [0.2, 0.25) is 0 Å². The number of piperazine rings is 1. The normalized spacial score (nSPS) is 26.9. The van der Waals surface area contributed by atoms with E-state index in [9.17, 15) is 9.59 Å². The fourth-order valence-corrected chi connectivity index (χ4v) is 4.77. The number of Topliss-reactive ketones (excluding diaryl/α,β-unsaturated/α-hetero) is 1. The summed E-state index contributed by atoms with van der Waals surface area (Å²) in [4.78, 5) is 31.6. The minimum absolute atomic E-state index is 0.0777. The average molecular weight is 372 g/mol. The molecule has 1 aliphatic carbocycles. The number of hydrogen-bond acceptors (Lipinski definition) is 4. The molecule has 1 amide bonds. The molecule has 1 unspecified atom stereocenters. The van der Waals surface area contributed by atoms with E-state index in [1.807, 2.05) is 24.0 Å². The molecule has 3 rings (SSSR count). The van der Waals surface area contributed by atoms with Crippen LogP contribution >= 0.6 is 0 Å². The Morgan fingerprint density at radius 3 is 2.52 bits per heavy atom. The molecule has 0 spiro atoms. The quantitative estimate of drug-likeness (QED) is 0.673. The van der Waals surface area contributed by atoms with E-state index in [0.29, 0.717) is 6.54 Å². The van der Waals surface area contributed by atoms with Crippen LogP contribution in [0.4, 0.5) is 0 Å². The van der Waals surface area contributed by atoms with Gasteiger partial charge in [0.15, 0.2) is 5.78 Å². The molecule has 2 heterocycles. The van der Waals surface area contributed by atoms with E-state index in [1.54, 1.807) is 13.0 Å². The molecule has 0 aromatic carbocycles. The number of carbonyl (C=O) groups is 2. The maximum atomic E-state index is 12.9. The van der Waals surface area contributed by atoms with Gasteiger partial charge in [-0.05, 0) is 51.6 Å². The molecule has 5 nitrogen and oxygen atoms in total. The molecular formula is C22H33N3O2. The first-order valence-corrected chi connectivity index (χ1v) is 10.4. The number of carbonyl (C=O) groups excluding carboxylic acids is 2. The van der Waals surface area contributed by atoms with E-state index in [2.05, 4.69) is 16.4 Å². The minimum Gasteiger partial charge on any atom is -0.336 e. The summed E-state index contributed by atoms with van der Waals surface area (Å²) in [5.74, 6) is 0.157. The number of allylic oxidation sites excluding steroid dienone is 2. The van der Waals surface area contributed by atoms with Gasteiger partial charge >= 0.3 is 0 Å². The topological polar surface area (TPSA) is 43.9 Å². The van der Waals surface area contributed by atoms with Gasteiger partial charge in [-0.1, -0.05) is 25.7 Å². The standard InChI is InChI=1S/C22H33N3O2/c1-4-9-19(18(3)26)25-17(2)16-24(20-10-7-11-21(20)25)22(27)12-8-15-23-13-5-6-14-23/h8-9,12,20-21H,2,4-7,10-11,13-16H2,1,3H3/b12-8+,19-9-/t20-,21?/m0/s1. The van der Waals surface area contributed by atoms with Crippen molar-refractivity contribution in [3.05, 3.63) is 36.2 Å². The Hall–Kier alpha value is -1.88. The van der Waals surface area contributed by atoms with Crippen molar-refractivity contribution in [2.45, 2.75) is 64.5 Å². The van der Waals surface area contributed by atoms with Gasteiger partial charge in [-0.15, -0.1) is 0 Å². The van der Waals surface area contributed by atoms with Gasteiger partial charge in [0.05, 0.1) is 24.3 Å². The second kappa shape index (κ2) is 8.87. The predicted molar refractivity (Wildman–Crippen MR) is 108 cm³/mol. The van der Waals surface area contributed by atoms with Crippen molar-refractivity contribution in [3.8, 4) is 0 Å². The fourth-order valence-electron chi connectivity index (χ4n) is 4.77. The molecule has 0 N–H and O–H groups in total. The van der Waals surface area contributed by atoms with Crippen molar-refractivity contribution < 1.29 is 9.59 Å². The third-order valence-corrected chi connectivity index (χ3v) is 5.99. The van der Waals surface area contributed by atoms with Crippen LogP contribution in [0.5, 0.6) is 0 Å². The van der Waals surface area contributed by atoms with Crippen LogP contribution in [-0.4, -0.2) is 64.7 Å². The Morgan fingerprint density at radius 2 is 1.85 bits per heavy atom. The molecule has 3 fully saturated rings. The molecule has 2 atom stereocenters. The maximum Gasteiger partial charge on any atom is 0.246 e. The first-order valence-electron chi connectivity index (χ1n) is 10.4. The van der Waals surface area contributed by atoms with Crippen LogP contribution in [0.1, 0.15) is 52.4 Å². The third-order valence-electron chi connectivity index (χ3n) is 5.99. The maximum absolute atomic E-state index is 12.9. The summed E-state index contributed by atoms with van der Waals surface area (Å²) < 4.78 is 0. The molecule has 148 valence electrons. The first kappa shape index (κ1) is 19.9. The minimum atomic E-state index is 0.0777. The lowest BCUT2D eigenvalue weighted by molar-refractivity contribution is -0.130. The van der Waals surface area contributed by atoms with Crippen molar-refractivity contribution in [2.24, 2.45) is 0 Å². The molecule has 0 aromatic heterocycles. The van der Waals surface area contributed by atoms with Gasteiger partial charge in [0, 0.05) is 25.2 Å². The van der Waals surface area contributed by atoms with Crippen molar-refractivity contribution in [1.29, 1.82) is 0 Å². The summed E-state index contributed by atoms with van der Waals surface area (Å²) in [5, 5.41) is 0. The van der Waals surface area contributed by atoms with Crippen LogP contribution in [0.15, 0.2) is 36.2 Å². The third kappa shape index (κ3) is 4.34. The summed E-state index contributed by atoms with van der Waals surface area (Å²) in [7, 11) is 0. The summed E-state index contributed by atoms with van der Waals surface area (Å²) in [5.41, 5.74) is 1.60. The van der Waals surface area contributed by atoms with Crippen molar-refractivity contribution in [3.63, 3.8) is 0 Å². The lowest BCUT2D eigenvalue weighted by Gasteiger charge is -2.47. The molecule has 0 radical (unpaired) electrons. The molecule has 0 aromatic rings. The van der Waals surface area contributed by atoms with Crippen LogP contribution in [0.25, 0.3) is 0 Å². The Balaban J connectivity index is 1.72. The number of nitrogens with zero attached hydrogens (tertiary/aromatic N) is 3. The van der Waals surface area contributed by atoms with E-state index in [0.717, 1.165) is 56.7 Å². The monoisotopic (exact) mass is 371 g/mol. The summed E-state index contributed by atoms with van der Waals surface area (Å²) in [6.07, 6.45) is 12.2. The first-order chi connectivity index (χ1) is 13.0. The SMILES string of the molecule is C=C1CN(C(=O)/C=C/CN2CCCC2)[C@H]2CCCC2N1/C(=C\CC)C(C)=O. The molecule has 3 aliphatic rings. The van der Waals surface area contributed by atoms with E-state index < -0.39 is 0 Å². The van der Waals surface area contributed by atoms with Crippen molar-refractivity contribution in [1.82, 2.24) is 14.7 Å². The van der Waals surface area contributed by atoms with Crippen molar-refractivity contribution in [2.75, 3.05) is 26.2 Å². The van der Waals surface area contributed by atoms with E-state index in [-0.39, 0.29) is 23.8 Å². The Kier molecular flexibility index (Phi) is 6.53. The van der Waals surface area contributed by atoms with Crippen LogP contribution in [-0.2, 0) is 9.59 Å². The molecule has 2 saturated heterocycles. The summed E-state index contributed by atoms with van der Waals surface area (Å²) in [6, 6.07) is 0.336. The molecule has 5 heteroatoms. The van der Waals surface area contributed by atoms with Crippen LogP contribution in [0.3, 0.4) is 0 Å². The highest BCUT2D eigenvalue weighted by Gasteiger charge is 2.44. The smallest absolute Gasteiger partial charge is 0.246 e. The van der Waals surface area contributed by atoms with Gasteiger partial charge < -0.3 is 9.80 Å². The molecular weight excluding hydrogens is 338 g/mol. The zero-order valence-corrected chi connectivity index (χ0v) is 16.8. The highest BCUT2D eigenvalue weighted by Crippen LogP contribution is 2.37. The predicted octanol–water partition coefficient (Wildman–Crippen LogP) is 3.10. The number of rotatable bonds is 6. The van der Waals surface area contributed by atoms with E-state index in [1.165, 1.54) is 12.8 Å². The van der Waals surface area contributed by atoms with Gasteiger partial charge in [-0.3, -0.25) is 14.5 Å². The number of amides is 1. The lowest BCUT2D eigenvalue weighted by Crippen LogP contribution is -2.57. The summed E-state index contributed by atoms with van der Waals surface area (Å²) in [6.45, 7) is 11.5. The van der Waals surface area contributed by atoms with E-state index >= 15 is 0 Å². The number of hydrogen-bond donors (Lipinski definition) is 0. The lowest BCUT2D eigenvalue weighted by atomic mass is 10.0. The number of fused-ring (bicyclic) bond motifs is 1. The zero-order valence-electron chi connectivity index (χ0n) is 16.8. The highest BCUT2D eigenvalue weighted by atomic mass is 16.2. The van der Waals surface area contributed by atoms with Crippen molar-refractivity contribution >= 4 is 11.7 Å². The Bertz CT molecular complexity index is 646. The number of likely N-dealkylation sites (tertiary alicyclic amines) is 1. The largest absolute Gasteiger partial charge is 0.336 e. The molecule has 1 saturated carbocycles. The van der Waals surface area contributed by atoms with Gasteiger partial charge in [0.1, 0.15) is 0 Å². The Morgan fingerprint density at radius 1 is 1.15 bits per heavy atom. The fraction of sp³-hybridized carbons (Fsp3) is 0.636. The average Bonchev–Trinajstić information content (AvgIpc) is 3.31. The Labute approximate surface area is 163 Å². The van der Waals surface area contributed by atoms with Crippen LogP contribution < -0.4 is 0 Å². The van der Waals surface area contributed by atoms with Gasteiger partial charge in [-0.25, -0.2) is 0 Å². The molecule has 27 heavy (non-hydrogen) atoms. The highest BCUT2D eigenvalue weighted by molar-refractivity contribution is 5.93. The molecule has 2 aliphatic heterocycles.